The summed E-state index contributed by atoms with van der Waals surface area (Å²) < 4.78 is 4.89. The van der Waals surface area contributed by atoms with Gasteiger partial charge in [-0.25, -0.2) is 4.79 Å². The fourth-order valence-corrected chi connectivity index (χ4v) is 0.418. The summed E-state index contributed by atoms with van der Waals surface area (Å²) in [6.07, 6.45) is 0.808. The summed E-state index contributed by atoms with van der Waals surface area (Å²) in [6.45, 7) is 8.67. The first kappa shape index (κ1) is 9.79. The van der Waals surface area contributed by atoms with Gasteiger partial charge in [0.15, 0.2) is 0 Å². The van der Waals surface area contributed by atoms with Crippen LogP contribution in [0.5, 0.6) is 0 Å². The Kier molecular flexibility index (Phi) is 3.42. The highest BCUT2D eigenvalue weighted by molar-refractivity contribution is 5.68. The second kappa shape index (κ2) is 3.84. The zero-order valence-corrected chi connectivity index (χ0v) is 7.10. The van der Waals surface area contributed by atoms with E-state index in [-0.39, 0.29) is 0 Å². The van der Waals surface area contributed by atoms with Gasteiger partial charge in [-0.15, -0.1) is 5.73 Å². The maximum atomic E-state index is 10.8. The van der Waals surface area contributed by atoms with Gasteiger partial charge in [-0.1, -0.05) is 6.58 Å². The van der Waals surface area contributed by atoms with Crippen LogP contribution < -0.4 is 5.32 Å². The van der Waals surface area contributed by atoms with Gasteiger partial charge in [0.2, 0.25) is 0 Å². The van der Waals surface area contributed by atoms with Crippen LogP contribution in [0.15, 0.2) is 18.5 Å². The van der Waals surface area contributed by atoms with Crippen molar-refractivity contribution < 1.29 is 9.53 Å². The van der Waals surface area contributed by atoms with E-state index in [0.717, 1.165) is 0 Å². The molecule has 0 spiro atoms. The molecule has 0 unspecified atom stereocenters. The molecule has 11 heavy (non-hydrogen) atoms. The molecule has 0 atom stereocenters. The summed E-state index contributed by atoms with van der Waals surface area (Å²) in [5.74, 6) is 0. The largest absolute Gasteiger partial charge is 0.444 e. The highest BCUT2D eigenvalue weighted by atomic mass is 16.6. The van der Waals surface area contributed by atoms with Crippen LogP contribution in [0.4, 0.5) is 4.79 Å². The highest BCUT2D eigenvalue weighted by Crippen LogP contribution is 2.05. The second-order valence-corrected chi connectivity index (χ2v) is 2.99. The quantitative estimate of drug-likeness (QED) is 0.586. The first-order chi connectivity index (χ1) is 4.95. The lowest BCUT2D eigenvalue weighted by Crippen LogP contribution is -2.29. The average Bonchev–Trinajstić information content (AvgIpc) is 1.79. The van der Waals surface area contributed by atoms with Gasteiger partial charge in [-0.2, -0.15) is 0 Å². The molecule has 62 valence electrons. The molecule has 0 saturated heterocycles. The van der Waals surface area contributed by atoms with Gasteiger partial charge in [0.25, 0.3) is 0 Å². The number of hydrogen-bond acceptors (Lipinski definition) is 2. The normalized spacial score (nSPS) is 9.73. The predicted octanol–water partition coefficient (Wildman–Crippen LogP) is 1.81. The summed E-state index contributed by atoms with van der Waals surface area (Å²) in [5.41, 5.74) is 1.94. The Labute approximate surface area is 66.7 Å². The van der Waals surface area contributed by atoms with Crippen LogP contribution in [0.1, 0.15) is 20.8 Å². The van der Waals surface area contributed by atoms with Crippen LogP contribution in [0.2, 0.25) is 0 Å². The monoisotopic (exact) mass is 155 g/mol. The smallest absolute Gasteiger partial charge is 0.412 e. The molecule has 0 aromatic carbocycles. The van der Waals surface area contributed by atoms with Crippen LogP contribution in [-0.2, 0) is 4.74 Å². The van der Waals surface area contributed by atoms with Gasteiger partial charge >= 0.3 is 6.09 Å². The Hall–Kier alpha value is -1.21. The Morgan fingerprint density at radius 2 is 2.18 bits per heavy atom. The molecule has 0 aromatic rings. The molecule has 0 saturated carbocycles. The van der Waals surface area contributed by atoms with E-state index in [0.29, 0.717) is 0 Å². The number of ether oxygens (including phenoxy) is 1. The first-order valence-electron chi connectivity index (χ1n) is 3.29. The van der Waals surface area contributed by atoms with Crippen molar-refractivity contribution in [2.24, 2.45) is 0 Å². The first-order valence-corrected chi connectivity index (χ1v) is 3.29. The Bertz CT molecular complexity index is 185. The molecular formula is C8H13NO2. The van der Waals surface area contributed by atoms with Crippen molar-refractivity contribution in [1.82, 2.24) is 5.32 Å². The maximum absolute atomic E-state index is 10.8. The van der Waals surface area contributed by atoms with E-state index >= 15 is 0 Å². The van der Waals surface area contributed by atoms with Gasteiger partial charge in [0.05, 0.1) is 0 Å². The van der Waals surface area contributed by atoms with E-state index in [1.807, 2.05) is 0 Å². The molecule has 0 rings (SSSR count). The van der Waals surface area contributed by atoms with Gasteiger partial charge < -0.3 is 4.74 Å². The zero-order chi connectivity index (χ0) is 8.91. The minimum absolute atomic E-state index is 0.459. The Morgan fingerprint density at radius 3 is 2.55 bits per heavy atom. The average molecular weight is 155 g/mol. The molecular weight excluding hydrogens is 142 g/mol. The number of carbonyl (C=O) groups is 1. The number of rotatable bonds is 1. The summed E-state index contributed by atoms with van der Waals surface area (Å²) in [4.78, 5) is 10.8. The van der Waals surface area contributed by atoms with E-state index in [4.69, 9.17) is 4.74 Å². The van der Waals surface area contributed by atoms with Crippen molar-refractivity contribution in [2.75, 3.05) is 0 Å². The minimum Gasteiger partial charge on any atom is -0.444 e. The molecule has 0 aromatic heterocycles. The minimum atomic E-state index is -0.492. The van der Waals surface area contributed by atoms with Crippen LogP contribution in [-0.4, -0.2) is 11.7 Å². The number of amides is 1. The fraction of sp³-hybridized carbons (Fsp3) is 0.500. The van der Waals surface area contributed by atoms with Crippen molar-refractivity contribution in [3.63, 3.8) is 0 Å². The lowest BCUT2D eigenvalue weighted by atomic mass is 10.2. The molecule has 0 aliphatic carbocycles. The lowest BCUT2D eigenvalue weighted by molar-refractivity contribution is 0.0552. The maximum Gasteiger partial charge on any atom is 0.412 e. The third-order valence-corrected chi connectivity index (χ3v) is 0.691. The van der Waals surface area contributed by atoms with Crippen molar-refractivity contribution >= 4 is 6.09 Å². The molecule has 3 nitrogen and oxygen atoms in total. The zero-order valence-electron chi connectivity index (χ0n) is 7.10. The van der Waals surface area contributed by atoms with Gasteiger partial charge in [0, 0.05) is 6.20 Å². The highest BCUT2D eigenvalue weighted by Gasteiger charge is 2.14. The van der Waals surface area contributed by atoms with Crippen molar-refractivity contribution in [3.8, 4) is 0 Å². The molecule has 1 N–H and O–H groups in total. The summed E-state index contributed by atoms with van der Waals surface area (Å²) in [5, 5.41) is 2.33. The summed E-state index contributed by atoms with van der Waals surface area (Å²) in [7, 11) is 0. The SMILES string of the molecule is C=C=CNC(=O)OC(C)(C)C. The standard InChI is InChI=1S/C8H13NO2/c1-5-6-9-7(10)11-8(2,3)4/h6H,1H2,2-4H3,(H,9,10). The molecule has 0 fully saturated rings. The van der Waals surface area contributed by atoms with E-state index in [2.05, 4.69) is 17.6 Å². The third-order valence-electron chi connectivity index (χ3n) is 0.691. The molecule has 1 amide bonds. The topological polar surface area (TPSA) is 38.3 Å². The van der Waals surface area contributed by atoms with Crippen molar-refractivity contribution in [3.05, 3.63) is 18.5 Å². The van der Waals surface area contributed by atoms with E-state index in [1.54, 1.807) is 20.8 Å². The Morgan fingerprint density at radius 1 is 1.64 bits per heavy atom. The number of hydrogen-bond donors (Lipinski definition) is 1. The van der Waals surface area contributed by atoms with Crippen LogP contribution in [0.3, 0.4) is 0 Å². The van der Waals surface area contributed by atoms with E-state index in [1.165, 1.54) is 6.20 Å². The number of alkyl carbamates (subject to hydrolysis) is 1. The lowest BCUT2D eigenvalue weighted by Gasteiger charge is -2.18. The van der Waals surface area contributed by atoms with E-state index in [9.17, 15) is 4.79 Å². The molecule has 0 aliphatic heterocycles. The van der Waals surface area contributed by atoms with E-state index < -0.39 is 11.7 Å². The van der Waals surface area contributed by atoms with Crippen molar-refractivity contribution in [2.45, 2.75) is 26.4 Å². The summed E-state index contributed by atoms with van der Waals surface area (Å²) >= 11 is 0. The number of nitrogens with one attached hydrogen (secondary N) is 1. The van der Waals surface area contributed by atoms with Crippen molar-refractivity contribution in [1.29, 1.82) is 0 Å². The molecule has 3 heteroatoms. The second-order valence-electron chi connectivity index (χ2n) is 2.99. The fourth-order valence-electron chi connectivity index (χ4n) is 0.418. The predicted molar refractivity (Wildman–Crippen MR) is 43.1 cm³/mol. The molecule has 0 aliphatic rings. The van der Waals surface area contributed by atoms with Crippen LogP contribution >= 0.6 is 0 Å². The molecule has 0 radical (unpaired) electrons. The van der Waals surface area contributed by atoms with Gasteiger partial charge in [0.1, 0.15) is 5.60 Å². The van der Waals surface area contributed by atoms with Gasteiger partial charge in [-0.05, 0) is 20.8 Å². The number of carbonyl (C=O) groups excluding carboxylic acids is 1. The molecule has 0 heterocycles. The van der Waals surface area contributed by atoms with Gasteiger partial charge in [-0.3, -0.25) is 5.32 Å². The third kappa shape index (κ3) is 6.68. The molecule has 0 bridgehead atoms. The Balaban J connectivity index is 3.79. The van der Waals surface area contributed by atoms with Crippen LogP contribution in [0.25, 0.3) is 0 Å². The summed E-state index contributed by atoms with van der Waals surface area (Å²) in [6, 6.07) is 0. The van der Waals surface area contributed by atoms with Crippen LogP contribution in [0, 0.1) is 0 Å².